The zero-order valence-electron chi connectivity index (χ0n) is 8.64. The maximum atomic E-state index is 10.3. The molecule has 0 bridgehead atoms. The van der Waals surface area contributed by atoms with Crippen LogP contribution in [0, 0.1) is 0 Å². The van der Waals surface area contributed by atoms with Crippen LogP contribution in [0.1, 0.15) is 6.42 Å². The first-order valence-electron chi connectivity index (χ1n) is 5.00. The average Bonchev–Trinajstić information content (AvgIpc) is 2.29. The molecule has 1 aromatic carbocycles. The maximum absolute atomic E-state index is 10.3. The van der Waals surface area contributed by atoms with Crippen molar-refractivity contribution in [2.75, 3.05) is 19.8 Å². The van der Waals surface area contributed by atoms with Gasteiger partial charge in [0.1, 0.15) is 13.2 Å². The Morgan fingerprint density at radius 2 is 2.19 bits per heavy atom. The lowest BCUT2D eigenvalue weighted by Crippen LogP contribution is -2.16. The number of rotatable bonds is 4. The van der Waals surface area contributed by atoms with E-state index >= 15 is 0 Å². The van der Waals surface area contributed by atoms with Gasteiger partial charge < -0.3 is 19.3 Å². The Morgan fingerprint density at radius 3 is 3.00 bits per heavy atom. The molecule has 0 atom stereocenters. The van der Waals surface area contributed by atoms with E-state index in [-0.39, 0.29) is 13.0 Å². The van der Waals surface area contributed by atoms with Crippen molar-refractivity contribution in [1.82, 2.24) is 0 Å². The summed E-state index contributed by atoms with van der Waals surface area (Å²) in [6.07, 6.45) is -0.0372. The topological polar surface area (TPSA) is 65.0 Å². The summed E-state index contributed by atoms with van der Waals surface area (Å²) >= 11 is 0. The zero-order valence-corrected chi connectivity index (χ0v) is 8.64. The molecule has 5 nitrogen and oxygen atoms in total. The van der Waals surface area contributed by atoms with Gasteiger partial charge in [-0.25, -0.2) is 0 Å². The van der Waals surface area contributed by atoms with Crippen molar-refractivity contribution in [2.45, 2.75) is 6.42 Å². The Balaban J connectivity index is 2.05. The molecule has 0 amide bonds. The van der Waals surface area contributed by atoms with Gasteiger partial charge in [0.25, 0.3) is 0 Å². The van der Waals surface area contributed by atoms with Crippen molar-refractivity contribution in [3.05, 3.63) is 18.2 Å². The molecule has 5 heteroatoms. The lowest BCUT2D eigenvalue weighted by molar-refractivity contribution is -0.137. The summed E-state index contributed by atoms with van der Waals surface area (Å²) in [6.45, 7) is 1.12. The fourth-order valence-electron chi connectivity index (χ4n) is 1.41. The quantitative estimate of drug-likeness (QED) is 0.835. The highest BCUT2D eigenvalue weighted by Crippen LogP contribution is 2.38. The van der Waals surface area contributed by atoms with Crippen LogP contribution in [-0.2, 0) is 4.79 Å². The molecule has 1 aliphatic rings. The molecule has 0 aliphatic carbocycles. The normalized spacial score (nSPS) is 13.2. The Hall–Kier alpha value is -1.91. The van der Waals surface area contributed by atoms with Gasteiger partial charge in [-0.3, -0.25) is 4.79 Å². The van der Waals surface area contributed by atoms with Crippen molar-refractivity contribution in [2.24, 2.45) is 0 Å². The van der Waals surface area contributed by atoms with Crippen molar-refractivity contribution in [1.29, 1.82) is 0 Å². The number of hydrogen-bond donors (Lipinski definition) is 1. The number of carboxylic acid groups (broad SMARTS) is 1. The molecule has 0 unspecified atom stereocenters. The van der Waals surface area contributed by atoms with Crippen LogP contribution >= 0.6 is 0 Å². The summed E-state index contributed by atoms with van der Waals surface area (Å²) in [5.74, 6) is 0.832. The van der Waals surface area contributed by atoms with Gasteiger partial charge in [-0.1, -0.05) is 6.07 Å². The van der Waals surface area contributed by atoms with E-state index < -0.39 is 5.97 Å². The van der Waals surface area contributed by atoms with Gasteiger partial charge >= 0.3 is 5.97 Å². The van der Waals surface area contributed by atoms with Crippen LogP contribution in [0.4, 0.5) is 0 Å². The van der Waals surface area contributed by atoms with Crippen LogP contribution in [0.2, 0.25) is 0 Å². The molecule has 16 heavy (non-hydrogen) atoms. The van der Waals surface area contributed by atoms with E-state index in [9.17, 15) is 4.79 Å². The molecular weight excluding hydrogens is 212 g/mol. The minimum absolute atomic E-state index is 0.0372. The van der Waals surface area contributed by atoms with Crippen molar-refractivity contribution in [3.63, 3.8) is 0 Å². The second kappa shape index (κ2) is 4.74. The highest BCUT2D eigenvalue weighted by Gasteiger charge is 2.16. The number of carboxylic acids is 1. The summed E-state index contributed by atoms with van der Waals surface area (Å²) in [4.78, 5) is 10.3. The van der Waals surface area contributed by atoms with Gasteiger partial charge in [0.2, 0.25) is 5.75 Å². The van der Waals surface area contributed by atoms with Gasteiger partial charge in [0.05, 0.1) is 13.0 Å². The van der Waals surface area contributed by atoms with E-state index in [0.717, 1.165) is 0 Å². The van der Waals surface area contributed by atoms with Crippen molar-refractivity contribution >= 4 is 5.97 Å². The van der Waals surface area contributed by atoms with E-state index in [0.29, 0.717) is 30.5 Å². The summed E-state index contributed by atoms with van der Waals surface area (Å²) < 4.78 is 16.1. The highest BCUT2D eigenvalue weighted by atomic mass is 16.6. The fraction of sp³-hybridized carbons (Fsp3) is 0.364. The number of ether oxygens (including phenoxy) is 3. The van der Waals surface area contributed by atoms with Crippen molar-refractivity contribution < 1.29 is 24.1 Å². The molecule has 1 N–H and O–H groups in total. The largest absolute Gasteiger partial charge is 0.489 e. The summed E-state index contributed by atoms with van der Waals surface area (Å²) in [5, 5.41) is 8.49. The first kappa shape index (κ1) is 10.6. The summed E-state index contributed by atoms with van der Waals surface area (Å²) in [7, 11) is 0. The van der Waals surface area contributed by atoms with Crippen LogP contribution in [0.15, 0.2) is 18.2 Å². The number of fused-ring (bicyclic) bond motifs is 1. The van der Waals surface area contributed by atoms with E-state index in [1.165, 1.54) is 0 Å². The highest BCUT2D eigenvalue weighted by molar-refractivity contribution is 5.66. The minimum atomic E-state index is -0.887. The van der Waals surface area contributed by atoms with E-state index in [1.54, 1.807) is 18.2 Å². The monoisotopic (exact) mass is 224 g/mol. The van der Waals surface area contributed by atoms with Gasteiger partial charge in [0.15, 0.2) is 11.5 Å². The zero-order chi connectivity index (χ0) is 11.4. The van der Waals surface area contributed by atoms with Crippen molar-refractivity contribution in [3.8, 4) is 17.2 Å². The third-order valence-electron chi connectivity index (χ3n) is 2.10. The maximum Gasteiger partial charge on any atom is 0.306 e. The number of carbonyl (C=O) groups is 1. The van der Waals surface area contributed by atoms with Crippen LogP contribution < -0.4 is 14.2 Å². The first-order chi connectivity index (χ1) is 7.77. The van der Waals surface area contributed by atoms with E-state index in [1.807, 2.05) is 0 Å². The first-order valence-corrected chi connectivity index (χ1v) is 5.00. The third kappa shape index (κ3) is 2.36. The standard InChI is InChI=1S/C11H12O5/c12-10(13)4-5-14-8-2-1-3-9-11(8)16-7-6-15-9/h1-3H,4-7H2,(H,12,13). The molecular formula is C11H12O5. The Kier molecular flexibility index (Phi) is 3.14. The number of para-hydroxylation sites is 1. The molecule has 1 heterocycles. The molecule has 0 aromatic heterocycles. The predicted octanol–water partition coefficient (Wildman–Crippen LogP) is 1.31. The SMILES string of the molecule is O=C(O)CCOc1cccc2c1OCCO2. The van der Waals surface area contributed by atoms with Gasteiger partial charge in [-0.15, -0.1) is 0 Å². The molecule has 0 radical (unpaired) electrons. The molecule has 2 rings (SSSR count). The van der Waals surface area contributed by atoms with Crippen LogP contribution in [-0.4, -0.2) is 30.9 Å². The molecule has 1 aromatic rings. The second-order valence-corrected chi connectivity index (χ2v) is 3.27. The summed E-state index contributed by atoms with van der Waals surface area (Å²) in [5.41, 5.74) is 0. The fourth-order valence-corrected chi connectivity index (χ4v) is 1.41. The predicted molar refractivity (Wildman–Crippen MR) is 55.2 cm³/mol. The summed E-state index contributed by atoms with van der Waals surface area (Å²) in [6, 6.07) is 5.30. The lowest BCUT2D eigenvalue weighted by atomic mass is 10.3. The third-order valence-corrected chi connectivity index (χ3v) is 2.10. The minimum Gasteiger partial charge on any atom is -0.489 e. The molecule has 1 aliphatic heterocycles. The van der Waals surface area contributed by atoms with Crippen LogP contribution in [0.25, 0.3) is 0 Å². The number of benzene rings is 1. The Bertz CT molecular complexity index is 388. The Labute approximate surface area is 92.5 Å². The van der Waals surface area contributed by atoms with Gasteiger partial charge in [-0.2, -0.15) is 0 Å². The van der Waals surface area contributed by atoms with Gasteiger partial charge in [0, 0.05) is 0 Å². The molecule has 0 saturated carbocycles. The Morgan fingerprint density at radius 1 is 1.38 bits per heavy atom. The van der Waals surface area contributed by atoms with Gasteiger partial charge in [-0.05, 0) is 12.1 Å². The van der Waals surface area contributed by atoms with Crippen LogP contribution in [0.3, 0.4) is 0 Å². The smallest absolute Gasteiger partial charge is 0.306 e. The number of aliphatic carboxylic acids is 1. The van der Waals surface area contributed by atoms with E-state index in [2.05, 4.69) is 0 Å². The molecule has 0 saturated heterocycles. The van der Waals surface area contributed by atoms with Crippen LogP contribution in [0.5, 0.6) is 17.2 Å². The average molecular weight is 224 g/mol. The second-order valence-electron chi connectivity index (χ2n) is 3.27. The lowest BCUT2D eigenvalue weighted by Gasteiger charge is -2.20. The van der Waals surface area contributed by atoms with E-state index in [4.69, 9.17) is 19.3 Å². The molecule has 86 valence electrons. The molecule has 0 fully saturated rings. The number of hydrogen-bond acceptors (Lipinski definition) is 4. The molecule has 0 spiro atoms.